The SMILES string of the molecule is Cc1ccccc1OCn1ccc(C(=O)N2CCN(Cc3ccc(Cl)cc3Cl)CC2)n1. The van der Waals surface area contributed by atoms with Gasteiger partial charge in [0.05, 0.1) is 0 Å². The fourth-order valence-electron chi connectivity index (χ4n) is 3.56. The molecule has 6 nitrogen and oxygen atoms in total. The Morgan fingerprint density at radius 2 is 1.84 bits per heavy atom. The molecule has 0 saturated carbocycles. The molecule has 0 unspecified atom stereocenters. The van der Waals surface area contributed by atoms with E-state index >= 15 is 0 Å². The van der Waals surface area contributed by atoms with Crippen LogP contribution in [0.3, 0.4) is 0 Å². The fourth-order valence-corrected chi connectivity index (χ4v) is 4.03. The van der Waals surface area contributed by atoms with Crippen LogP contribution in [0.5, 0.6) is 5.75 Å². The third kappa shape index (κ3) is 5.39. The molecular weight excluding hydrogens is 435 g/mol. The highest BCUT2D eigenvalue weighted by atomic mass is 35.5. The van der Waals surface area contributed by atoms with Gasteiger partial charge < -0.3 is 9.64 Å². The van der Waals surface area contributed by atoms with Gasteiger partial charge in [-0.1, -0.05) is 47.5 Å². The number of rotatable bonds is 6. The molecule has 0 aliphatic carbocycles. The first kappa shape index (κ1) is 21.7. The number of aryl methyl sites for hydroxylation is 1. The van der Waals surface area contributed by atoms with Crippen molar-refractivity contribution in [2.75, 3.05) is 26.2 Å². The van der Waals surface area contributed by atoms with Crippen LogP contribution < -0.4 is 4.74 Å². The molecule has 0 atom stereocenters. The molecule has 4 rings (SSSR count). The van der Waals surface area contributed by atoms with Gasteiger partial charge in [0, 0.05) is 49.0 Å². The zero-order valence-electron chi connectivity index (χ0n) is 17.3. The Morgan fingerprint density at radius 3 is 2.58 bits per heavy atom. The van der Waals surface area contributed by atoms with Crippen LogP contribution in [-0.4, -0.2) is 51.7 Å². The van der Waals surface area contributed by atoms with Gasteiger partial charge >= 0.3 is 0 Å². The smallest absolute Gasteiger partial charge is 0.274 e. The average molecular weight is 459 g/mol. The maximum Gasteiger partial charge on any atom is 0.274 e. The molecule has 0 N–H and O–H groups in total. The van der Waals surface area contributed by atoms with Crippen LogP contribution in [0.2, 0.25) is 10.0 Å². The summed E-state index contributed by atoms with van der Waals surface area (Å²) in [7, 11) is 0. The molecule has 0 radical (unpaired) electrons. The molecule has 0 spiro atoms. The van der Waals surface area contributed by atoms with Crippen LogP contribution in [0.25, 0.3) is 0 Å². The predicted octanol–water partition coefficient (Wildman–Crippen LogP) is 4.49. The average Bonchev–Trinajstić information content (AvgIpc) is 3.24. The Balaban J connectivity index is 1.29. The Hall–Kier alpha value is -2.54. The van der Waals surface area contributed by atoms with Gasteiger partial charge in [-0.2, -0.15) is 5.10 Å². The van der Waals surface area contributed by atoms with Crippen molar-refractivity contribution in [2.45, 2.75) is 20.2 Å². The number of amides is 1. The quantitative estimate of drug-likeness (QED) is 0.545. The van der Waals surface area contributed by atoms with E-state index in [1.54, 1.807) is 23.0 Å². The lowest BCUT2D eigenvalue weighted by atomic mass is 10.2. The van der Waals surface area contributed by atoms with Gasteiger partial charge in [0.2, 0.25) is 0 Å². The molecule has 3 aromatic rings. The van der Waals surface area contributed by atoms with Gasteiger partial charge in [-0.15, -0.1) is 0 Å². The highest BCUT2D eigenvalue weighted by molar-refractivity contribution is 6.35. The minimum absolute atomic E-state index is 0.0567. The van der Waals surface area contributed by atoms with Crippen LogP contribution in [0.1, 0.15) is 21.6 Å². The third-order valence-electron chi connectivity index (χ3n) is 5.37. The zero-order valence-corrected chi connectivity index (χ0v) is 18.8. The lowest BCUT2D eigenvalue weighted by molar-refractivity contribution is 0.0621. The number of carbonyl (C=O) groups is 1. The molecule has 1 amide bonds. The minimum Gasteiger partial charge on any atom is -0.471 e. The van der Waals surface area contributed by atoms with Crippen LogP contribution >= 0.6 is 23.2 Å². The molecule has 31 heavy (non-hydrogen) atoms. The minimum atomic E-state index is -0.0567. The summed E-state index contributed by atoms with van der Waals surface area (Å²) in [6.07, 6.45) is 1.77. The van der Waals surface area contributed by atoms with Crippen LogP contribution in [0.4, 0.5) is 0 Å². The van der Waals surface area contributed by atoms with E-state index in [1.165, 1.54) is 0 Å². The van der Waals surface area contributed by atoms with E-state index in [4.69, 9.17) is 27.9 Å². The summed E-state index contributed by atoms with van der Waals surface area (Å²) in [5.74, 6) is 0.751. The molecule has 162 valence electrons. The van der Waals surface area contributed by atoms with Gasteiger partial charge in [0.15, 0.2) is 12.4 Å². The van der Waals surface area contributed by atoms with Gasteiger partial charge in [-0.3, -0.25) is 9.69 Å². The van der Waals surface area contributed by atoms with Crippen molar-refractivity contribution in [2.24, 2.45) is 0 Å². The first-order valence-corrected chi connectivity index (χ1v) is 10.9. The predicted molar refractivity (Wildman–Crippen MR) is 122 cm³/mol. The van der Waals surface area contributed by atoms with Gasteiger partial charge in [-0.25, -0.2) is 4.68 Å². The van der Waals surface area contributed by atoms with Gasteiger partial charge in [-0.05, 0) is 42.3 Å². The maximum atomic E-state index is 12.9. The summed E-state index contributed by atoms with van der Waals surface area (Å²) in [5.41, 5.74) is 2.53. The Bertz CT molecular complexity index is 1060. The molecule has 1 saturated heterocycles. The zero-order chi connectivity index (χ0) is 21.8. The van der Waals surface area contributed by atoms with E-state index in [9.17, 15) is 4.79 Å². The number of ether oxygens (including phenoxy) is 1. The number of hydrogen-bond acceptors (Lipinski definition) is 4. The van der Waals surface area contributed by atoms with Gasteiger partial charge in [0.25, 0.3) is 5.91 Å². The van der Waals surface area contributed by atoms with Crippen molar-refractivity contribution in [1.82, 2.24) is 19.6 Å². The molecule has 2 heterocycles. The number of hydrogen-bond donors (Lipinski definition) is 0. The molecule has 2 aromatic carbocycles. The number of nitrogens with zero attached hydrogens (tertiary/aromatic N) is 4. The molecule has 1 fully saturated rings. The standard InChI is InChI=1S/C23H24Cl2N4O2/c1-17-4-2-3-5-22(17)31-16-29-9-8-21(26-29)23(30)28-12-10-27(11-13-28)15-18-6-7-19(24)14-20(18)25/h2-9,14H,10-13,15-16H2,1H3. The summed E-state index contributed by atoms with van der Waals surface area (Å²) in [5, 5.41) is 5.70. The van der Waals surface area contributed by atoms with E-state index < -0.39 is 0 Å². The first-order valence-electron chi connectivity index (χ1n) is 10.2. The largest absolute Gasteiger partial charge is 0.471 e. The molecule has 1 aliphatic rings. The summed E-state index contributed by atoms with van der Waals surface area (Å²) in [4.78, 5) is 17.0. The van der Waals surface area contributed by atoms with Gasteiger partial charge in [0.1, 0.15) is 5.75 Å². The number of benzene rings is 2. The Kier molecular flexibility index (Phi) is 6.80. The monoisotopic (exact) mass is 458 g/mol. The summed E-state index contributed by atoms with van der Waals surface area (Å²) < 4.78 is 7.44. The van der Waals surface area contributed by atoms with E-state index in [-0.39, 0.29) is 12.6 Å². The summed E-state index contributed by atoms with van der Waals surface area (Å²) >= 11 is 12.3. The molecule has 1 aliphatic heterocycles. The number of aromatic nitrogens is 2. The number of para-hydroxylation sites is 1. The fraction of sp³-hybridized carbons (Fsp3) is 0.304. The van der Waals surface area contributed by atoms with E-state index in [2.05, 4.69) is 10.00 Å². The maximum absolute atomic E-state index is 12.9. The molecular formula is C23H24Cl2N4O2. The van der Waals surface area contributed by atoms with E-state index in [1.807, 2.05) is 48.2 Å². The van der Waals surface area contributed by atoms with Crippen molar-refractivity contribution in [1.29, 1.82) is 0 Å². The first-order chi connectivity index (χ1) is 15.0. The highest BCUT2D eigenvalue weighted by Crippen LogP contribution is 2.23. The van der Waals surface area contributed by atoms with Crippen molar-refractivity contribution in [3.8, 4) is 5.75 Å². The van der Waals surface area contributed by atoms with Crippen molar-refractivity contribution >= 4 is 29.1 Å². The van der Waals surface area contributed by atoms with Crippen molar-refractivity contribution < 1.29 is 9.53 Å². The highest BCUT2D eigenvalue weighted by Gasteiger charge is 2.24. The molecule has 8 heteroatoms. The van der Waals surface area contributed by atoms with Crippen LogP contribution in [0, 0.1) is 6.92 Å². The molecule has 0 bridgehead atoms. The molecule has 1 aromatic heterocycles. The number of piperazine rings is 1. The van der Waals surface area contributed by atoms with Crippen LogP contribution in [-0.2, 0) is 13.3 Å². The normalized spacial score (nSPS) is 14.6. The Morgan fingerprint density at radius 1 is 1.06 bits per heavy atom. The third-order valence-corrected chi connectivity index (χ3v) is 5.96. The number of halogens is 2. The lowest BCUT2D eigenvalue weighted by Crippen LogP contribution is -2.48. The van der Waals surface area contributed by atoms with Crippen LogP contribution in [0.15, 0.2) is 54.7 Å². The van der Waals surface area contributed by atoms with Crippen molar-refractivity contribution in [3.63, 3.8) is 0 Å². The Labute approximate surface area is 191 Å². The van der Waals surface area contributed by atoms with Crippen molar-refractivity contribution in [3.05, 3.63) is 81.6 Å². The summed E-state index contributed by atoms with van der Waals surface area (Å²) in [6, 6.07) is 15.1. The topological polar surface area (TPSA) is 50.6 Å². The summed E-state index contributed by atoms with van der Waals surface area (Å²) in [6.45, 7) is 5.85. The second kappa shape index (κ2) is 9.73. The second-order valence-electron chi connectivity index (χ2n) is 7.58. The second-order valence-corrected chi connectivity index (χ2v) is 8.43. The lowest BCUT2D eigenvalue weighted by Gasteiger charge is -2.34. The van der Waals surface area contributed by atoms with E-state index in [0.29, 0.717) is 28.8 Å². The number of carbonyl (C=O) groups excluding carboxylic acids is 1. The van der Waals surface area contributed by atoms with E-state index in [0.717, 1.165) is 36.5 Å².